The molecule has 33 heavy (non-hydrogen) atoms. The molecule has 1 fully saturated rings. The first-order chi connectivity index (χ1) is 15.8. The van der Waals surface area contributed by atoms with E-state index < -0.39 is 12.2 Å². The Morgan fingerprint density at radius 1 is 1.30 bits per heavy atom. The van der Waals surface area contributed by atoms with E-state index in [0.717, 1.165) is 0 Å². The van der Waals surface area contributed by atoms with Gasteiger partial charge in [0.05, 0.1) is 22.7 Å². The lowest BCUT2D eigenvalue weighted by atomic mass is 9.86. The Morgan fingerprint density at radius 2 is 2.06 bits per heavy atom. The number of hydrogen-bond acceptors (Lipinski definition) is 7. The quantitative estimate of drug-likeness (QED) is 0.648. The lowest BCUT2D eigenvalue weighted by Gasteiger charge is -2.40. The SMILES string of the molecule is C[C@@]1(c2cccc(Nc3ncccc3OC(F)F)c2Cl)CC(=O)N(C2CCOCC2)C(N)=N1. The van der Waals surface area contributed by atoms with Crippen LogP contribution in [0.25, 0.3) is 0 Å². The van der Waals surface area contributed by atoms with Crippen LogP contribution in [0.2, 0.25) is 5.02 Å². The highest BCUT2D eigenvalue weighted by Gasteiger charge is 2.41. The molecule has 2 aromatic rings. The van der Waals surface area contributed by atoms with E-state index in [1.807, 2.05) is 0 Å². The first-order valence-electron chi connectivity index (χ1n) is 10.5. The predicted molar refractivity (Wildman–Crippen MR) is 120 cm³/mol. The Balaban J connectivity index is 1.64. The molecule has 0 spiro atoms. The summed E-state index contributed by atoms with van der Waals surface area (Å²) in [4.78, 5) is 23.4. The minimum absolute atomic E-state index is 0.0413. The van der Waals surface area contributed by atoms with Crippen molar-refractivity contribution in [2.75, 3.05) is 18.5 Å². The summed E-state index contributed by atoms with van der Waals surface area (Å²) < 4.78 is 35.4. The van der Waals surface area contributed by atoms with Gasteiger partial charge < -0.3 is 20.5 Å². The highest BCUT2D eigenvalue weighted by Crippen LogP contribution is 2.42. The van der Waals surface area contributed by atoms with Crippen LogP contribution in [0.3, 0.4) is 0 Å². The molecule has 0 bridgehead atoms. The average Bonchev–Trinajstić information content (AvgIpc) is 2.76. The molecule has 2 aliphatic heterocycles. The fourth-order valence-electron chi connectivity index (χ4n) is 4.19. The van der Waals surface area contributed by atoms with Gasteiger partial charge in [0.25, 0.3) is 0 Å². The number of benzene rings is 1. The monoisotopic (exact) mass is 479 g/mol. The van der Waals surface area contributed by atoms with Crippen molar-refractivity contribution in [2.45, 2.75) is 44.4 Å². The number of nitrogens with one attached hydrogen (secondary N) is 1. The van der Waals surface area contributed by atoms with Crippen LogP contribution in [-0.4, -0.2) is 47.6 Å². The van der Waals surface area contributed by atoms with Crippen LogP contribution in [0.1, 0.15) is 31.7 Å². The first kappa shape index (κ1) is 23.2. The van der Waals surface area contributed by atoms with E-state index in [2.05, 4.69) is 20.0 Å². The van der Waals surface area contributed by atoms with Crippen molar-refractivity contribution in [2.24, 2.45) is 10.7 Å². The van der Waals surface area contributed by atoms with E-state index in [4.69, 9.17) is 22.1 Å². The Labute approximate surface area is 194 Å². The maximum absolute atomic E-state index is 13.1. The van der Waals surface area contributed by atoms with Crippen LogP contribution in [0.4, 0.5) is 20.3 Å². The number of carbonyl (C=O) groups excluding carboxylic acids is 1. The molecule has 1 aromatic carbocycles. The molecule has 1 aromatic heterocycles. The number of anilines is 2. The van der Waals surface area contributed by atoms with Crippen LogP contribution in [-0.2, 0) is 15.1 Å². The molecule has 2 aliphatic rings. The fourth-order valence-corrected chi connectivity index (χ4v) is 4.57. The van der Waals surface area contributed by atoms with Crippen molar-refractivity contribution < 1.29 is 23.0 Å². The first-order valence-corrected chi connectivity index (χ1v) is 10.9. The summed E-state index contributed by atoms with van der Waals surface area (Å²) >= 11 is 6.69. The Kier molecular flexibility index (Phi) is 6.66. The second kappa shape index (κ2) is 9.48. The zero-order valence-electron chi connectivity index (χ0n) is 17.9. The van der Waals surface area contributed by atoms with Crippen molar-refractivity contribution in [1.82, 2.24) is 9.88 Å². The average molecular weight is 480 g/mol. The molecule has 4 rings (SSSR count). The Bertz CT molecular complexity index is 1060. The van der Waals surface area contributed by atoms with E-state index in [1.54, 1.807) is 30.0 Å². The van der Waals surface area contributed by atoms with Gasteiger partial charge in [-0.05, 0) is 38.0 Å². The summed E-state index contributed by atoms with van der Waals surface area (Å²) in [6.07, 6.45) is 2.92. The van der Waals surface area contributed by atoms with E-state index in [-0.39, 0.29) is 40.9 Å². The van der Waals surface area contributed by atoms with Crippen molar-refractivity contribution >= 4 is 35.0 Å². The van der Waals surface area contributed by atoms with Gasteiger partial charge in [0.15, 0.2) is 17.5 Å². The van der Waals surface area contributed by atoms with Gasteiger partial charge in [0, 0.05) is 31.0 Å². The predicted octanol–water partition coefficient (Wildman–Crippen LogP) is 4.02. The number of carbonyl (C=O) groups is 1. The number of hydrogen-bond donors (Lipinski definition) is 2. The van der Waals surface area contributed by atoms with Gasteiger partial charge >= 0.3 is 6.61 Å². The van der Waals surface area contributed by atoms with Crippen molar-refractivity contribution in [3.8, 4) is 5.75 Å². The number of ether oxygens (including phenoxy) is 2. The third-order valence-electron chi connectivity index (χ3n) is 5.75. The Hall–Kier alpha value is -2.98. The molecule has 0 unspecified atom stereocenters. The molecule has 0 aliphatic carbocycles. The van der Waals surface area contributed by atoms with Crippen LogP contribution in [0.5, 0.6) is 5.75 Å². The third kappa shape index (κ3) is 4.86. The second-order valence-corrected chi connectivity index (χ2v) is 8.43. The number of aromatic nitrogens is 1. The number of pyridine rings is 1. The lowest BCUT2D eigenvalue weighted by Crippen LogP contribution is -2.55. The number of nitrogens with zero attached hydrogens (tertiary/aromatic N) is 3. The highest BCUT2D eigenvalue weighted by molar-refractivity contribution is 6.34. The van der Waals surface area contributed by atoms with Crippen LogP contribution < -0.4 is 15.8 Å². The van der Waals surface area contributed by atoms with Crippen molar-refractivity contribution in [1.29, 1.82) is 0 Å². The van der Waals surface area contributed by atoms with Gasteiger partial charge in [0.1, 0.15) is 0 Å². The van der Waals surface area contributed by atoms with E-state index in [1.165, 1.54) is 18.3 Å². The summed E-state index contributed by atoms with van der Waals surface area (Å²) in [6, 6.07) is 7.97. The van der Waals surface area contributed by atoms with Gasteiger partial charge in [-0.3, -0.25) is 9.69 Å². The van der Waals surface area contributed by atoms with Gasteiger partial charge in [-0.1, -0.05) is 23.7 Å². The molecule has 1 saturated heterocycles. The lowest BCUT2D eigenvalue weighted by molar-refractivity contribution is -0.132. The van der Waals surface area contributed by atoms with Crippen molar-refractivity contribution in [3.63, 3.8) is 0 Å². The Morgan fingerprint density at radius 3 is 2.76 bits per heavy atom. The van der Waals surface area contributed by atoms with Gasteiger partial charge in [-0.2, -0.15) is 8.78 Å². The number of halogens is 3. The summed E-state index contributed by atoms with van der Waals surface area (Å²) in [7, 11) is 0. The zero-order chi connectivity index (χ0) is 23.6. The van der Waals surface area contributed by atoms with Crippen LogP contribution in [0, 0.1) is 0 Å². The van der Waals surface area contributed by atoms with Crippen LogP contribution >= 0.6 is 11.6 Å². The molecular formula is C22H24ClF2N5O3. The molecule has 8 nitrogen and oxygen atoms in total. The second-order valence-electron chi connectivity index (χ2n) is 8.05. The van der Waals surface area contributed by atoms with Crippen LogP contribution in [0.15, 0.2) is 41.5 Å². The molecule has 3 N–H and O–H groups in total. The third-order valence-corrected chi connectivity index (χ3v) is 6.15. The standard InChI is InChI=1S/C22H24ClF2N5O3/c1-22(12-17(31)30(21(26)29-22)13-7-10-32-11-8-13)14-4-2-5-15(18(14)23)28-19-16(33-20(24)25)6-3-9-27-19/h2-6,9,13,20H,7-8,10-12H2,1H3,(H2,26,29)(H,27,28)/t22-/m0/s1. The number of rotatable bonds is 6. The smallest absolute Gasteiger partial charge is 0.387 e. The van der Waals surface area contributed by atoms with Gasteiger partial charge in [0.2, 0.25) is 5.91 Å². The number of aliphatic imine (C=N–C) groups is 1. The number of alkyl halides is 2. The summed E-state index contributed by atoms with van der Waals surface area (Å²) in [6.45, 7) is -0.0669. The minimum Gasteiger partial charge on any atom is -0.431 e. The number of amides is 1. The minimum atomic E-state index is -3.00. The van der Waals surface area contributed by atoms with E-state index in [9.17, 15) is 13.6 Å². The topological polar surface area (TPSA) is 102 Å². The van der Waals surface area contributed by atoms with E-state index in [0.29, 0.717) is 37.3 Å². The fraction of sp³-hybridized carbons (Fsp3) is 0.409. The zero-order valence-corrected chi connectivity index (χ0v) is 18.7. The number of guanidine groups is 1. The van der Waals surface area contributed by atoms with Crippen molar-refractivity contribution in [3.05, 3.63) is 47.1 Å². The molecule has 1 amide bonds. The van der Waals surface area contributed by atoms with Gasteiger partial charge in [-0.25, -0.2) is 9.98 Å². The molecule has 0 saturated carbocycles. The van der Waals surface area contributed by atoms with Gasteiger partial charge in [-0.15, -0.1) is 0 Å². The molecule has 1 atom stereocenters. The maximum Gasteiger partial charge on any atom is 0.387 e. The molecule has 11 heteroatoms. The number of nitrogens with two attached hydrogens (primary N) is 1. The summed E-state index contributed by atoms with van der Waals surface area (Å²) in [5.74, 6) is -0.0334. The summed E-state index contributed by atoms with van der Waals surface area (Å²) in [5, 5.41) is 3.21. The molecular weight excluding hydrogens is 456 g/mol. The highest BCUT2D eigenvalue weighted by atomic mass is 35.5. The van der Waals surface area contributed by atoms with E-state index >= 15 is 0 Å². The molecule has 3 heterocycles. The maximum atomic E-state index is 13.1. The molecule has 176 valence electrons. The largest absolute Gasteiger partial charge is 0.431 e. The summed E-state index contributed by atoms with van der Waals surface area (Å²) in [5.41, 5.74) is 6.23. The normalized spacial score (nSPS) is 21.8. The molecule has 0 radical (unpaired) electrons.